The number of aryl methyl sites for hydroxylation is 1. The van der Waals surface area contributed by atoms with E-state index in [4.69, 9.17) is 4.74 Å². The molecule has 1 aliphatic rings. The lowest BCUT2D eigenvalue weighted by molar-refractivity contribution is 0.102. The standard InChI is InChI=1S/C20H24N2O2S/c1-14-12-15(22-10-4-5-11-22)6-9-18(14)21-20(23)17-8-7-16(25-3)13-19(17)24-2/h6-9,12-13H,4-5,10-11H2,1-3H3,(H,21,23). The van der Waals surface area contributed by atoms with Crippen LogP contribution in [0.1, 0.15) is 28.8 Å². The lowest BCUT2D eigenvalue weighted by atomic mass is 10.1. The highest BCUT2D eigenvalue weighted by molar-refractivity contribution is 7.98. The molecular formula is C20H24N2O2S. The molecular weight excluding hydrogens is 332 g/mol. The summed E-state index contributed by atoms with van der Waals surface area (Å²) in [5.41, 5.74) is 3.68. The molecule has 132 valence electrons. The number of hydrogen-bond acceptors (Lipinski definition) is 4. The second-order valence-corrected chi connectivity index (χ2v) is 7.09. The highest BCUT2D eigenvalue weighted by Crippen LogP contribution is 2.28. The first-order valence-electron chi connectivity index (χ1n) is 8.51. The number of carbonyl (C=O) groups is 1. The second kappa shape index (κ2) is 7.83. The van der Waals surface area contributed by atoms with Crippen molar-refractivity contribution in [1.29, 1.82) is 0 Å². The van der Waals surface area contributed by atoms with Crippen molar-refractivity contribution in [2.24, 2.45) is 0 Å². The maximum absolute atomic E-state index is 12.7. The van der Waals surface area contributed by atoms with E-state index in [1.165, 1.54) is 18.5 Å². The zero-order valence-electron chi connectivity index (χ0n) is 15.0. The van der Waals surface area contributed by atoms with Crippen LogP contribution in [-0.2, 0) is 0 Å². The molecule has 0 bridgehead atoms. The van der Waals surface area contributed by atoms with E-state index in [-0.39, 0.29) is 5.91 Å². The number of thioether (sulfide) groups is 1. The third-order valence-electron chi connectivity index (χ3n) is 4.58. The summed E-state index contributed by atoms with van der Waals surface area (Å²) >= 11 is 1.62. The Balaban J connectivity index is 1.79. The minimum atomic E-state index is -0.151. The molecule has 1 saturated heterocycles. The minimum absolute atomic E-state index is 0.151. The summed E-state index contributed by atoms with van der Waals surface area (Å²) in [5.74, 6) is 0.442. The van der Waals surface area contributed by atoms with Gasteiger partial charge in [0.25, 0.3) is 5.91 Å². The van der Waals surface area contributed by atoms with Crippen molar-refractivity contribution in [3.05, 3.63) is 47.5 Å². The van der Waals surface area contributed by atoms with Gasteiger partial charge in [0.2, 0.25) is 0 Å². The number of rotatable bonds is 5. The van der Waals surface area contributed by atoms with Gasteiger partial charge in [-0.1, -0.05) is 0 Å². The molecule has 0 saturated carbocycles. The van der Waals surface area contributed by atoms with Crippen molar-refractivity contribution in [3.8, 4) is 5.75 Å². The van der Waals surface area contributed by atoms with Crippen LogP contribution in [0.3, 0.4) is 0 Å². The van der Waals surface area contributed by atoms with Gasteiger partial charge in [-0.05, 0) is 68.0 Å². The van der Waals surface area contributed by atoms with E-state index in [0.717, 1.165) is 29.2 Å². The van der Waals surface area contributed by atoms with E-state index in [0.29, 0.717) is 11.3 Å². The average Bonchev–Trinajstić information content (AvgIpc) is 3.17. The summed E-state index contributed by atoms with van der Waals surface area (Å²) in [5, 5.41) is 3.01. The molecule has 0 unspecified atom stereocenters. The number of nitrogens with zero attached hydrogens (tertiary/aromatic N) is 1. The Bertz CT molecular complexity index is 770. The van der Waals surface area contributed by atoms with Crippen LogP contribution in [0.25, 0.3) is 0 Å². The summed E-state index contributed by atoms with van der Waals surface area (Å²) < 4.78 is 5.38. The Morgan fingerprint density at radius 3 is 2.56 bits per heavy atom. The van der Waals surface area contributed by atoms with Crippen molar-refractivity contribution in [1.82, 2.24) is 0 Å². The van der Waals surface area contributed by atoms with Gasteiger partial charge in [0.15, 0.2) is 0 Å². The Hall–Kier alpha value is -2.14. The number of hydrogen-bond donors (Lipinski definition) is 1. The molecule has 0 aromatic heterocycles. The van der Waals surface area contributed by atoms with Crippen LogP contribution in [0.5, 0.6) is 5.75 Å². The summed E-state index contributed by atoms with van der Waals surface area (Å²) in [7, 11) is 1.59. The van der Waals surface area contributed by atoms with Crippen molar-refractivity contribution < 1.29 is 9.53 Å². The maximum Gasteiger partial charge on any atom is 0.259 e. The number of nitrogens with one attached hydrogen (secondary N) is 1. The normalized spacial score (nSPS) is 13.8. The van der Waals surface area contributed by atoms with Gasteiger partial charge in [-0.15, -0.1) is 11.8 Å². The molecule has 4 nitrogen and oxygen atoms in total. The van der Waals surface area contributed by atoms with Gasteiger partial charge in [-0.2, -0.15) is 0 Å². The molecule has 1 heterocycles. The maximum atomic E-state index is 12.7. The molecule has 2 aromatic rings. The lowest BCUT2D eigenvalue weighted by Gasteiger charge is -2.19. The van der Waals surface area contributed by atoms with Crippen molar-refractivity contribution in [2.75, 3.05) is 36.7 Å². The lowest BCUT2D eigenvalue weighted by Crippen LogP contribution is -2.18. The van der Waals surface area contributed by atoms with Crippen molar-refractivity contribution in [3.63, 3.8) is 0 Å². The zero-order chi connectivity index (χ0) is 17.8. The van der Waals surface area contributed by atoms with Crippen LogP contribution >= 0.6 is 11.8 Å². The SMILES string of the molecule is COc1cc(SC)ccc1C(=O)Nc1ccc(N2CCCC2)cc1C. The van der Waals surface area contributed by atoms with Gasteiger partial charge in [0.1, 0.15) is 5.75 Å². The van der Waals surface area contributed by atoms with E-state index in [2.05, 4.69) is 22.3 Å². The number of carbonyl (C=O) groups excluding carboxylic acids is 1. The molecule has 0 aliphatic carbocycles. The van der Waals surface area contributed by atoms with E-state index in [1.807, 2.05) is 37.4 Å². The number of amides is 1. The number of ether oxygens (including phenoxy) is 1. The predicted molar refractivity (Wildman–Crippen MR) is 105 cm³/mol. The molecule has 3 rings (SSSR count). The van der Waals surface area contributed by atoms with Crippen molar-refractivity contribution in [2.45, 2.75) is 24.7 Å². The van der Waals surface area contributed by atoms with Crippen LogP contribution in [0, 0.1) is 6.92 Å². The van der Waals surface area contributed by atoms with Crippen LogP contribution in [0.4, 0.5) is 11.4 Å². The second-order valence-electron chi connectivity index (χ2n) is 6.21. The van der Waals surface area contributed by atoms with E-state index < -0.39 is 0 Å². The monoisotopic (exact) mass is 356 g/mol. The first-order valence-corrected chi connectivity index (χ1v) is 9.74. The van der Waals surface area contributed by atoms with E-state index >= 15 is 0 Å². The van der Waals surface area contributed by atoms with Crippen LogP contribution in [0.15, 0.2) is 41.3 Å². The number of anilines is 2. The Kier molecular flexibility index (Phi) is 5.53. The van der Waals surface area contributed by atoms with Gasteiger partial charge in [0, 0.05) is 29.4 Å². The van der Waals surface area contributed by atoms with Gasteiger partial charge in [-0.25, -0.2) is 0 Å². The fourth-order valence-electron chi connectivity index (χ4n) is 3.14. The molecule has 1 aliphatic heterocycles. The molecule has 1 fully saturated rings. The average molecular weight is 356 g/mol. The van der Waals surface area contributed by atoms with Crippen LogP contribution < -0.4 is 15.0 Å². The fourth-order valence-corrected chi connectivity index (χ4v) is 3.56. The molecule has 1 amide bonds. The zero-order valence-corrected chi connectivity index (χ0v) is 15.8. The first kappa shape index (κ1) is 17.7. The summed E-state index contributed by atoms with van der Waals surface area (Å²) in [6, 6.07) is 11.9. The van der Waals surface area contributed by atoms with Crippen molar-refractivity contribution >= 4 is 29.0 Å². The molecule has 0 atom stereocenters. The van der Waals surface area contributed by atoms with Crippen LogP contribution in [-0.4, -0.2) is 32.4 Å². The molecule has 25 heavy (non-hydrogen) atoms. The van der Waals surface area contributed by atoms with Gasteiger partial charge in [-0.3, -0.25) is 4.79 Å². The van der Waals surface area contributed by atoms with Gasteiger partial charge < -0.3 is 15.0 Å². The molecule has 2 aromatic carbocycles. The number of methoxy groups -OCH3 is 1. The summed E-state index contributed by atoms with van der Waals surface area (Å²) in [6.07, 6.45) is 4.51. The van der Waals surface area contributed by atoms with Crippen LogP contribution in [0.2, 0.25) is 0 Å². The topological polar surface area (TPSA) is 41.6 Å². The van der Waals surface area contributed by atoms with Gasteiger partial charge >= 0.3 is 0 Å². The first-order chi connectivity index (χ1) is 12.1. The molecule has 5 heteroatoms. The highest BCUT2D eigenvalue weighted by Gasteiger charge is 2.16. The summed E-state index contributed by atoms with van der Waals surface area (Å²) in [6.45, 7) is 4.26. The largest absolute Gasteiger partial charge is 0.496 e. The molecule has 0 radical (unpaired) electrons. The summed E-state index contributed by atoms with van der Waals surface area (Å²) in [4.78, 5) is 16.1. The van der Waals surface area contributed by atoms with Gasteiger partial charge in [0.05, 0.1) is 12.7 Å². The molecule has 1 N–H and O–H groups in total. The minimum Gasteiger partial charge on any atom is -0.496 e. The molecule has 0 spiro atoms. The third-order valence-corrected chi connectivity index (χ3v) is 5.31. The smallest absolute Gasteiger partial charge is 0.259 e. The predicted octanol–water partition coefficient (Wildman–Crippen LogP) is 4.58. The fraction of sp³-hybridized carbons (Fsp3) is 0.350. The third kappa shape index (κ3) is 3.93. The Morgan fingerprint density at radius 1 is 1.16 bits per heavy atom. The van der Waals surface area contributed by atoms with E-state index in [9.17, 15) is 4.79 Å². The Labute approximate surface area is 153 Å². The number of benzene rings is 2. The highest BCUT2D eigenvalue weighted by atomic mass is 32.2. The van der Waals surface area contributed by atoms with E-state index in [1.54, 1.807) is 18.9 Å². The quantitative estimate of drug-likeness (QED) is 0.796. The Morgan fingerprint density at radius 2 is 1.92 bits per heavy atom.